The van der Waals surface area contributed by atoms with Gasteiger partial charge < -0.3 is 4.74 Å². The summed E-state index contributed by atoms with van der Waals surface area (Å²) in [5.74, 6) is 0.998. The smallest absolute Gasteiger partial charge is 0.118 e. The van der Waals surface area contributed by atoms with Gasteiger partial charge in [0.25, 0.3) is 0 Å². The predicted octanol–water partition coefficient (Wildman–Crippen LogP) is 5.01. The second-order valence-electron chi connectivity index (χ2n) is 3.74. The van der Waals surface area contributed by atoms with E-state index in [1.54, 1.807) is 0 Å². The van der Waals surface area contributed by atoms with E-state index in [0.29, 0.717) is 0 Å². The second kappa shape index (κ2) is 10.5. The third-order valence-electron chi connectivity index (χ3n) is 2.27. The molecule has 0 aromatic heterocycles. The summed E-state index contributed by atoms with van der Waals surface area (Å²) < 4.78 is 5.64. The Morgan fingerprint density at radius 3 is 2.62 bits per heavy atom. The van der Waals surface area contributed by atoms with Crippen molar-refractivity contribution >= 4 is 0 Å². The lowest BCUT2D eigenvalue weighted by atomic mass is 10.2. The van der Waals surface area contributed by atoms with Crippen LogP contribution in [0.2, 0.25) is 0 Å². The highest BCUT2D eigenvalue weighted by Crippen LogP contribution is 2.11. The van der Waals surface area contributed by atoms with E-state index in [1.807, 2.05) is 13.8 Å². The van der Waals surface area contributed by atoms with Crippen molar-refractivity contribution in [3.63, 3.8) is 0 Å². The first-order valence-electron chi connectivity index (χ1n) is 6.49. The number of ether oxygens (including phenoxy) is 1. The summed E-state index contributed by atoms with van der Waals surface area (Å²) in [6.45, 7) is 9.19. The Bertz CT molecular complexity index is 246. The Hall–Kier alpha value is -0.980. The fourth-order valence-corrected chi connectivity index (χ4v) is 1.35. The third kappa shape index (κ3) is 7.33. The number of rotatable bonds is 5. The number of allylic oxidation sites excluding steroid dienone is 5. The zero-order chi connectivity index (χ0) is 12.2. The van der Waals surface area contributed by atoms with E-state index in [2.05, 4.69) is 38.2 Å². The number of hydrogen-bond acceptors (Lipinski definition) is 1. The molecule has 0 bridgehead atoms. The van der Waals surface area contributed by atoms with Gasteiger partial charge in [-0.25, -0.2) is 0 Å². The molecule has 1 aliphatic carbocycles. The fraction of sp³-hybridized carbons (Fsp3) is 0.600. The normalized spacial score (nSPS) is 14.2. The van der Waals surface area contributed by atoms with Crippen molar-refractivity contribution in [1.29, 1.82) is 0 Å². The van der Waals surface area contributed by atoms with Crippen LogP contribution in [0.3, 0.4) is 0 Å². The molecule has 1 aliphatic rings. The van der Waals surface area contributed by atoms with Gasteiger partial charge in [-0.1, -0.05) is 51.3 Å². The molecule has 0 aromatic carbocycles. The van der Waals surface area contributed by atoms with Crippen molar-refractivity contribution in [2.24, 2.45) is 0 Å². The van der Waals surface area contributed by atoms with Gasteiger partial charge in [-0.05, 0) is 31.9 Å². The van der Waals surface area contributed by atoms with Crippen LogP contribution in [0, 0.1) is 0 Å². The molecule has 0 saturated heterocycles. The van der Waals surface area contributed by atoms with Crippen molar-refractivity contribution in [3.8, 4) is 0 Å². The van der Waals surface area contributed by atoms with Gasteiger partial charge in [-0.15, -0.1) is 0 Å². The molecule has 1 heteroatoms. The van der Waals surface area contributed by atoms with Crippen LogP contribution in [-0.2, 0) is 4.74 Å². The molecule has 1 nitrogen and oxygen atoms in total. The Labute approximate surface area is 101 Å². The van der Waals surface area contributed by atoms with Gasteiger partial charge in [0.15, 0.2) is 0 Å². The first-order chi connectivity index (χ1) is 7.83. The zero-order valence-electron chi connectivity index (χ0n) is 11.3. The summed E-state index contributed by atoms with van der Waals surface area (Å²) in [5, 5.41) is 0. The van der Waals surface area contributed by atoms with E-state index < -0.39 is 0 Å². The Balaban J connectivity index is 0.00000106. The van der Waals surface area contributed by atoms with Crippen LogP contribution >= 0.6 is 0 Å². The summed E-state index contributed by atoms with van der Waals surface area (Å²) in [6, 6.07) is 0. The van der Waals surface area contributed by atoms with Crippen molar-refractivity contribution < 1.29 is 4.74 Å². The molecule has 0 radical (unpaired) electrons. The molecule has 0 aliphatic heterocycles. The maximum Gasteiger partial charge on any atom is 0.118 e. The highest BCUT2D eigenvalue weighted by Gasteiger charge is 1.96. The molecule has 1 rings (SSSR count). The van der Waals surface area contributed by atoms with E-state index in [9.17, 15) is 0 Å². The molecular weight excluding hydrogens is 196 g/mol. The van der Waals surface area contributed by atoms with Crippen molar-refractivity contribution in [1.82, 2.24) is 0 Å². The van der Waals surface area contributed by atoms with Gasteiger partial charge in [0, 0.05) is 0 Å². The van der Waals surface area contributed by atoms with Crippen molar-refractivity contribution in [2.75, 3.05) is 6.61 Å². The quantitative estimate of drug-likeness (QED) is 0.594. The molecule has 92 valence electrons. The Morgan fingerprint density at radius 1 is 1.19 bits per heavy atom. The van der Waals surface area contributed by atoms with E-state index >= 15 is 0 Å². The highest BCUT2D eigenvalue weighted by atomic mass is 16.5. The maximum absolute atomic E-state index is 5.64. The molecule has 0 fully saturated rings. The minimum Gasteiger partial charge on any atom is -0.494 e. The third-order valence-corrected chi connectivity index (χ3v) is 2.27. The first-order valence-corrected chi connectivity index (χ1v) is 6.49. The summed E-state index contributed by atoms with van der Waals surface area (Å²) in [7, 11) is 0. The van der Waals surface area contributed by atoms with Gasteiger partial charge >= 0.3 is 0 Å². The van der Waals surface area contributed by atoms with E-state index in [0.717, 1.165) is 25.2 Å². The van der Waals surface area contributed by atoms with E-state index in [4.69, 9.17) is 4.74 Å². The van der Waals surface area contributed by atoms with E-state index in [1.165, 1.54) is 18.4 Å². The monoisotopic (exact) mass is 222 g/mol. The topological polar surface area (TPSA) is 9.23 Å². The van der Waals surface area contributed by atoms with Crippen LogP contribution in [0.15, 0.2) is 35.6 Å². The van der Waals surface area contributed by atoms with E-state index in [-0.39, 0.29) is 0 Å². The minimum absolute atomic E-state index is 0.844. The number of unbranched alkanes of at least 4 members (excludes halogenated alkanes) is 2. The molecule has 0 saturated carbocycles. The minimum atomic E-state index is 0.844. The summed E-state index contributed by atoms with van der Waals surface area (Å²) in [6.07, 6.45) is 13.1. The van der Waals surface area contributed by atoms with Crippen LogP contribution in [0.1, 0.15) is 53.4 Å². The summed E-state index contributed by atoms with van der Waals surface area (Å²) in [4.78, 5) is 0. The SMILES string of the molecule is CC.CCCCCOC1=CC=C(C)CC=C1. The molecule has 0 amide bonds. The average Bonchev–Trinajstić information content (AvgIpc) is 2.53. The van der Waals surface area contributed by atoms with Crippen LogP contribution in [0.4, 0.5) is 0 Å². The molecule has 0 aromatic rings. The molecule has 0 atom stereocenters. The van der Waals surface area contributed by atoms with Gasteiger partial charge in [0.2, 0.25) is 0 Å². The van der Waals surface area contributed by atoms with Crippen LogP contribution in [0.25, 0.3) is 0 Å². The molecule has 0 unspecified atom stereocenters. The molecule has 0 spiro atoms. The summed E-state index contributed by atoms with van der Waals surface area (Å²) in [5.41, 5.74) is 1.38. The van der Waals surface area contributed by atoms with Gasteiger partial charge in [0.05, 0.1) is 6.61 Å². The maximum atomic E-state index is 5.64. The first kappa shape index (κ1) is 15.0. The van der Waals surface area contributed by atoms with Gasteiger partial charge in [-0.3, -0.25) is 0 Å². The van der Waals surface area contributed by atoms with Crippen LogP contribution in [-0.4, -0.2) is 6.61 Å². The van der Waals surface area contributed by atoms with Crippen LogP contribution in [0.5, 0.6) is 0 Å². The molecular formula is C15H26O. The van der Waals surface area contributed by atoms with Crippen molar-refractivity contribution in [2.45, 2.75) is 53.4 Å². The highest BCUT2D eigenvalue weighted by molar-refractivity contribution is 5.26. The van der Waals surface area contributed by atoms with Gasteiger partial charge in [0.1, 0.15) is 5.76 Å². The van der Waals surface area contributed by atoms with Crippen molar-refractivity contribution in [3.05, 3.63) is 35.6 Å². The Morgan fingerprint density at radius 2 is 1.94 bits per heavy atom. The van der Waals surface area contributed by atoms with Crippen LogP contribution < -0.4 is 0 Å². The lowest BCUT2D eigenvalue weighted by molar-refractivity contribution is 0.217. The molecule has 16 heavy (non-hydrogen) atoms. The largest absolute Gasteiger partial charge is 0.494 e. The molecule has 0 N–H and O–H groups in total. The average molecular weight is 222 g/mol. The molecule has 0 heterocycles. The lowest BCUT2D eigenvalue weighted by Crippen LogP contribution is -1.92. The van der Waals surface area contributed by atoms with Gasteiger partial charge in [-0.2, -0.15) is 0 Å². The summed E-state index contributed by atoms with van der Waals surface area (Å²) >= 11 is 0. The lowest BCUT2D eigenvalue weighted by Gasteiger charge is -2.04. The second-order valence-corrected chi connectivity index (χ2v) is 3.74. The standard InChI is InChI=1S/C13H20O.C2H6/c1-3-4-5-11-14-13-8-6-7-12(2)9-10-13;1-2/h6,8-10H,3-5,7,11H2,1-2H3;1-2H3. The Kier molecular flexibility index (Phi) is 9.89. The number of hydrogen-bond donors (Lipinski definition) is 0. The fourth-order valence-electron chi connectivity index (χ4n) is 1.35. The predicted molar refractivity (Wildman–Crippen MR) is 72.4 cm³/mol. The zero-order valence-corrected chi connectivity index (χ0v) is 11.3.